The van der Waals surface area contributed by atoms with E-state index in [9.17, 15) is 14.4 Å². The highest BCUT2D eigenvalue weighted by molar-refractivity contribution is 6.39. The number of piperidine rings is 1. The number of hydrogen-bond donors (Lipinski definition) is 1. The quantitative estimate of drug-likeness (QED) is 0.669. The van der Waals surface area contributed by atoms with Gasteiger partial charge >= 0.3 is 17.8 Å². The van der Waals surface area contributed by atoms with E-state index in [4.69, 9.17) is 16.3 Å². The van der Waals surface area contributed by atoms with E-state index >= 15 is 0 Å². The summed E-state index contributed by atoms with van der Waals surface area (Å²) in [5.41, 5.74) is 1.31. The van der Waals surface area contributed by atoms with Gasteiger partial charge in [-0.3, -0.25) is 14.4 Å². The van der Waals surface area contributed by atoms with Crippen LogP contribution in [-0.4, -0.2) is 42.4 Å². The smallest absolute Gasteiger partial charge is 0.313 e. The van der Waals surface area contributed by atoms with Gasteiger partial charge < -0.3 is 15.0 Å². The normalized spacial score (nSPS) is 17.3. The van der Waals surface area contributed by atoms with Gasteiger partial charge in [0, 0.05) is 23.8 Å². The Hall–Kier alpha value is -2.08. The zero-order valence-electron chi connectivity index (χ0n) is 13.8. The molecule has 1 unspecified atom stereocenters. The molecule has 6 nitrogen and oxygen atoms in total. The van der Waals surface area contributed by atoms with Crippen LogP contribution in [-0.2, 0) is 19.1 Å². The van der Waals surface area contributed by atoms with Crippen LogP contribution < -0.4 is 5.32 Å². The van der Waals surface area contributed by atoms with E-state index in [0.717, 1.165) is 5.56 Å². The first-order valence-corrected chi connectivity index (χ1v) is 8.33. The fourth-order valence-corrected chi connectivity index (χ4v) is 2.93. The van der Waals surface area contributed by atoms with E-state index < -0.39 is 11.8 Å². The molecule has 0 radical (unpaired) electrons. The number of halogens is 1. The van der Waals surface area contributed by atoms with Crippen molar-refractivity contribution in [3.8, 4) is 0 Å². The van der Waals surface area contributed by atoms with Crippen LogP contribution >= 0.6 is 11.6 Å². The number of anilines is 1. The van der Waals surface area contributed by atoms with Gasteiger partial charge in [0.2, 0.25) is 0 Å². The Labute approximate surface area is 146 Å². The molecule has 7 heteroatoms. The standard InChI is InChI=1S/C17H21ClN2O4/c1-3-24-17(23)12-5-4-8-20(10-12)16(22)15(21)19-14-7-6-13(18)9-11(14)2/h6-7,9,12H,3-5,8,10H2,1-2H3,(H,19,21). The number of esters is 1. The third kappa shape index (κ3) is 4.47. The minimum atomic E-state index is -0.718. The second-order valence-corrected chi connectivity index (χ2v) is 6.19. The minimum absolute atomic E-state index is 0.213. The summed E-state index contributed by atoms with van der Waals surface area (Å²) in [7, 11) is 0. The summed E-state index contributed by atoms with van der Waals surface area (Å²) in [6.07, 6.45) is 1.34. The van der Waals surface area contributed by atoms with Crippen LogP contribution in [0.25, 0.3) is 0 Å². The summed E-state index contributed by atoms with van der Waals surface area (Å²) in [4.78, 5) is 37.8. The Morgan fingerprint density at radius 1 is 1.38 bits per heavy atom. The lowest BCUT2D eigenvalue weighted by Crippen LogP contribution is -2.47. The highest BCUT2D eigenvalue weighted by Gasteiger charge is 2.32. The summed E-state index contributed by atoms with van der Waals surface area (Å²) < 4.78 is 5.00. The van der Waals surface area contributed by atoms with E-state index in [0.29, 0.717) is 36.7 Å². The lowest BCUT2D eigenvalue weighted by atomic mass is 9.98. The van der Waals surface area contributed by atoms with Crippen molar-refractivity contribution in [3.63, 3.8) is 0 Å². The average Bonchev–Trinajstić information content (AvgIpc) is 2.57. The zero-order chi connectivity index (χ0) is 17.7. The lowest BCUT2D eigenvalue weighted by Gasteiger charge is -2.31. The van der Waals surface area contributed by atoms with E-state index in [2.05, 4.69) is 5.32 Å². The number of ether oxygens (including phenoxy) is 1. The summed E-state index contributed by atoms with van der Waals surface area (Å²) >= 11 is 5.88. The largest absolute Gasteiger partial charge is 0.466 e. The molecule has 2 rings (SSSR count). The summed E-state index contributed by atoms with van der Waals surface area (Å²) in [6.45, 7) is 4.52. The Kier molecular flexibility index (Phi) is 6.20. The number of nitrogens with one attached hydrogen (secondary N) is 1. The van der Waals surface area contributed by atoms with Crippen molar-refractivity contribution in [1.29, 1.82) is 0 Å². The van der Waals surface area contributed by atoms with Gasteiger partial charge in [0.1, 0.15) is 0 Å². The molecule has 1 aliphatic rings. The first kappa shape index (κ1) is 18.3. The molecular weight excluding hydrogens is 332 g/mol. The Balaban J connectivity index is 1.99. The number of likely N-dealkylation sites (tertiary alicyclic amines) is 1. The molecular formula is C17H21ClN2O4. The van der Waals surface area contributed by atoms with Crippen LogP contribution in [0.15, 0.2) is 18.2 Å². The Bertz CT molecular complexity index is 647. The fraction of sp³-hybridized carbons (Fsp3) is 0.471. The second kappa shape index (κ2) is 8.15. The molecule has 1 fully saturated rings. The summed E-state index contributed by atoms with van der Waals surface area (Å²) in [6, 6.07) is 5.01. The van der Waals surface area contributed by atoms with Crippen molar-refractivity contribution in [2.75, 3.05) is 25.0 Å². The first-order chi connectivity index (χ1) is 11.4. The second-order valence-electron chi connectivity index (χ2n) is 5.76. The van der Waals surface area contributed by atoms with E-state index in [1.54, 1.807) is 32.0 Å². The summed E-state index contributed by atoms with van der Waals surface area (Å²) in [5, 5.41) is 3.16. The lowest BCUT2D eigenvalue weighted by molar-refractivity contribution is -0.153. The van der Waals surface area contributed by atoms with Crippen molar-refractivity contribution in [1.82, 2.24) is 4.90 Å². The minimum Gasteiger partial charge on any atom is -0.466 e. The molecule has 0 spiro atoms. The molecule has 2 amide bonds. The molecule has 1 heterocycles. The maximum absolute atomic E-state index is 12.3. The number of carbonyl (C=O) groups is 3. The highest BCUT2D eigenvalue weighted by Crippen LogP contribution is 2.21. The van der Waals surface area contributed by atoms with Crippen molar-refractivity contribution in [2.24, 2.45) is 5.92 Å². The van der Waals surface area contributed by atoms with Crippen LogP contribution in [0.4, 0.5) is 5.69 Å². The van der Waals surface area contributed by atoms with Crippen molar-refractivity contribution >= 4 is 35.1 Å². The molecule has 0 bridgehead atoms. The van der Waals surface area contributed by atoms with Gasteiger partial charge in [0.25, 0.3) is 0 Å². The van der Waals surface area contributed by atoms with Crippen molar-refractivity contribution < 1.29 is 19.1 Å². The monoisotopic (exact) mass is 352 g/mol. The maximum atomic E-state index is 12.3. The van der Waals surface area contributed by atoms with Gasteiger partial charge in [-0.1, -0.05) is 11.6 Å². The molecule has 1 N–H and O–H groups in total. The highest BCUT2D eigenvalue weighted by atomic mass is 35.5. The van der Waals surface area contributed by atoms with Crippen LogP contribution in [0.3, 0.4) is 0 Å². The number of benzene rings is 1. The van der Waals surface area contributed by atoms with Gasteiger partial charge in [-0.15, -0.1) is 0 Å². The Morgan fingerprint density at radius 2 is 2.12 bits per heavy atom. The SMILES string of the molecule is CCOC(=O)C1CCCN(C(=O)C(=O)Nc2ccc(Cl)cc2C)C1. The molecule has 24 heavy (non-hydrogen) atoms. The number of hydrogen-bond acceptors (Lipinski definition) is 4. The molecule has 0 aromatic heterocycles. The molecule has 1 aromatic carbocycles. The number of nitrogens with zero attached hydrogens (tertiary/aromatic N) is 1. The molecule has 1 atom stereocenters. The molecule has 1 aromatic rings. The topological polar surface area (TPSA) is 75.7 Å². The predicted molar refractivity (Wildman–Crippen MR) is 90.8 cm³/mol. The molecule has 1 saturated heterocycles. The molecule has 130 valence electrons. The van der Waals surface area contributed by atoms with Gasteiger partial charge in [-0.2, -0.15) is 0 Å². The predicted octanol–water partition coefficient (Wildman–Crippen LogP) is 2.39. The van der Waals surface area contributed by atoms with Gasteiger partial charge in [0.05, 0.1) is 12.5 Å². The molecule has 0 saturated carbocycles. The van der Waals surface area contributed by atoms with Crippen LogP contribution in [0.2, 0.25) is 5.02 Å². The van der Waals surface area contributed by atoms with Gasteiger partial charge in [-0.05, 0) is 50.5 Å². The van der Waals surface area contributed by atoms with Crippen LogP contribution in [0, 0.1) is 12.8 Å². The van der Waals surface area contributed by atoms with Crippen molar-refractivity contribution in [3.05, 3.63) is 28.8 Å². The van der Waals surface area contributed by atoms with E-state index in [1.165, 1.54) is 4.90 Å². The van der Waals surface area contributed by atoms with Crippen molar-refractivity contribution in [2.45, 2.75) is 26.7 Å². The third-order valence-corrected chi connectivity index (χ3v) is 4.19. The fourth-order valence-electron chi connectivity index (χ4n) is 2.70. The summed E-state index contributed by atoms with van der Waals surface area (Å²) in [5.74, 6) is -2.04. The number of aryl methyl sites for hydroxylation is 1. The van der Waals surface area contributed by atoms with Crippen LogP contribution in [0.1, 0.15) is 25.3 Å². The van der Waals surface area contributed by atoms with Gasteiger partial charge in [0.15, 0.2) is 0 Å². The maximum Gasteiger partial charge on any atom is 0.313 e. The third-order valence-electron chi connectivity index (χ3n) is 3.96. The number of rotatable bonds is 3. The number of carbonyl (C=O) groups excluding carboxylic acids is 3. The van der Waals surface area contributed by atoms with Crippen LogP contribution in [0.5, 0.6) is 0 Å². The average molecular weight is 353 g/mol. The van der Waals surface area contributed by atoms with E-state index in [-0.39, 0.29) is 18.4 Å². The molecule has 1 aliphatic heterocycles. The van der Waals surface area contributed by atoms with E-state index in [1.807, 2.05) is 0 Å². The number of amides is 2. The van der Waals surface area contributed by atoms with Gasteiger partial charge in [-0.25, -0.2) is 0 Å². The first-order valence-electron chi connectivity index (χ1n) is 7.95. The zero-order valence-corrected chi connectivity index (χ0v) is 14.6. The Morgan fingerprint density at radius 3 is 2.79 bits per heavy atom. The molecule has 0 aliphatic carbocycles.